The van der Waals surface area contributed by atoms with E-state index >= 15 is 0 Å². The largest absolute Gasteiger partial charge is 0.379 e. The van der Waals surface area contributed by atoms with Crippen molar-refractivity contribution in [2.45, 2.75) is 6.42 Å². The monoisotopic (exact) mass is 430 g/mol. The molecule has 160 valence electrons. The van der Waals surface area contributed by atoms with Gasteiger partial charge in [0.25, 0.3) is 0 Å². The van der Waals surface area contributed by atoms with Gasteiger partial charge in [0, 0.05) is 37.1 Å². The van der Waals surface area contributed by atoms with Crippen LogP contribution in [0.4, 0.5) is 11.5 Å². The highest BCUT2D eigenvalue weighted by Crippen LogP contribution is 2.27. The van der Waals surface area contributed by atoms with E-state index in [-0.39, 0.29) is 0 Å². The number of hydrogen-bond acceptors (Lipinski definition) is 7. The lowest BCUT2D eigenvalue weighted by Crippen LogP contribution is -2.37. The lowest BCUT2D eigenvalue weighted by molar-refractivity contribution is 0.0378. The van der Waals surface area contributed by atoms with Crippen molar-refractivity contribution in [2.75, 3.05) is 55.7 Å². The summed E-state index contributed by atoms with van der Waals surface area (Å²) in [6.07, 6.45) is 5.66. The van der Waals surface area contributed by atoms with Crippen LogP contribution in [0.5, 0.6) is 0 Å². The maximum absolute atomic E-state index is 11.5. The van der Waals surface area contributed by atoms with Crippen molar-refractivity contribution in [1.82, 2.24) is 19.5 Å². The fraction of sp³-hybridized carbons (Fsp3) is 0.400. The molecule has 30 heavy (non-hydrogen) atoms. The first-order valence-corrected chi connectivity index (χ1v) is 11.8. The predicted octanol–water partition coefficient (Wildman–Crippen LogP) is 1.90. The summed E-state index contributed by atoms with van der Waals surface area (Å²) in [5.41, 5.74) is 2.90. The Morgan fingerprint density at radius 1 is 1.20 bits per heavy atom. The molecule has 0 radical (unpaired) electrons. The number of nitrogens with zero attached hydrogens (tertiary/aromatic N) is 4. The average Bonchev–Trinajstić information content (AvgIpc) is 3.16. The van der Waals surface area contributed by atoms with Gasteiger partial charge >= 0.3 is 0 Å². The first-order valence-electron chi connectivity index (χ1n) is 9.94. The lowest BCUT2D eigenvalue weighted by Gasteiger charge is -2.26. The molecule has 3 heterocycles. The number of sulfonamides is 1. The van der Waals surface area contributed by atoms with E-state index in [1.165, 1.54) is 0 Å². The molecule has 0 saturated carbocycles. The summed E-state index contributed by atoms with van der Waals surface area (Å²) in [6.45, 7) is 5.49. The van der Waals surface area contributed by atoms with Gasteiger partial charge in [-0.15, -0.1) is 0 Å². The molecule has 1 aromatic carbocycles. The van der Waals surface area contributed by atoms with Gasteiger partial charge in [-0.2, -0.15) is 9.61 Å². The third kappa shape index (κ3) is 5.07. The Kier molecular flexibility index (Phi) is 6.16. The zero-order valence-corrected chi connectivity index (χ0v) is 17.7. The van der Waals surface area contributed by atoms with Crippen LogP contribution in [-0.4, -0.2) is 73.6 Å². The minimum Gasteiger partial charge on any atom is -0.379 e. The van der Waals surface area contributed by atoms with Crippen molar-refractivity contribution in [3.05, 3.63) is 42.7 Å². The Hall–Kier alpha value is -2.69. The van der Waals surface area contributed by atoms with Crippen molar-refractivity contribution in [3.63, 3.8) is 0 Å². The van der Waals surface area contributed by atoms with Crippen molar-refractivity contribution in [1.29, 1.82) is 0 Å². The van der Waals surface area contributed by atoms with E-state index in [1.807, 2.05) is 12.1 Å². The zero-order valence-electron chi connectivity index (χ0n) is 16.9. The topological polar surface area (TPSA) is 101 Å². The van der Waals surface area contributed by atoms with Gasteiger partial charge in [0.15, 0.2) is 5.65 Å². The lowest BCUT2D eigenvalue weighted by atomic mass is 10.1. The molecule has 2 aromatic heterocycles. The molecule has 10 heteroatoms. The molecule has 0 spiro atoms. The van der Waals surface area contributed by atoms with Crippen LogP contribution >= 0.6 is 0 Å². The average molecular weight is 431 g/mol. The number of nitrogens with one attached hydrogen (secondary N) is 2. The number of hydrogen-bond donors (Lipinski definition) is 2. The summed E-state index contributed by atoms with van der Waals surface area (Å²) >= 11 is 0. The third-order valence-corrected chi connectivity index (χ3v) is 5.55. The first kappa shape index (κ1) is 20.6. The Balaban J connectivity index is 1.47. The molecular formula is C20H26N6O3S. The Bertz CT molecular complexity index is 1110. The number of ether oxygens (including phenoxy) is 1. The molecule has 9 nitrogen and oxygen atoms in total. The van der Waals surface area contributed by atoms with Crippen molar-refractivity contribution < 1.29 is 13.2 Å². The van der Waals surface area contributed by atoms with Crippen LogP contribution in [0.15, 0.2) is 42.7 Å². The van der Waals surface area contributed by atoms with Crippen LogP contribution < -0.4 is 10.0 Å². The predicted molar refractivity (Wildman–Crippen MR) is 117 cm³/mol. The minimum atomic E-state index is -3.34. The number of benzene rings is 1. The van der Waals surface area contributed by atoms with Gasteiger partial charge in [0.2, 0.25) is 10.0 Å². The number of rotatable bonds is 8. The van der Waals surface area contributed by atoms with Crippen LogP contribution in [-0.2, 0) is 14.8 Å². The fourth-order valence-corrected chi connectivity index (χ4v) is 4.09. The third-order valence-electron chi connectivity index (χ3n) is 4.94. The van der Waals surface area contributed by atoms with E-state index < -0.39 is 10.0 Å². The van der Waals surface area contributed by atoms with Gasteiger partial charge in [-0.3, -0.25) is 9.62 Å². The number of anilines is 2. The van der Waals surface area contributed by atoms with E-state index in [2.05, 4.69) is 25.0 Å². The van der Waals surface area contributed by atoms with Crippen LogP contribution in [0.1, 0.15) is 6.42 Å². The Morgan fingerprint density at radius 3 is 2.83 bits per heavy atom. The van der Waals surface area contributed by atoms with E-state index in [0.717, 1.165) is 69.0 Å². The molecule has 1 aliphatic rings. The number of fused-ring (bicyclic) bond motifs is 1. The second kappa shape index (κ2) is 8.99. The first-order chi connectivity index (χ1) is 14.5. The van der Waals surface area contributed by atoms with Crippen LogP contribution in [0.3, 0.4) is 0 Å². The highest BCUT2D eigenvalue weighted by molar-refractivity contribution is 7.92. The Morgan fingerprint density at radius 2 is 2.03 bits per heavy atom. The molecule has 4 rings (SSSR count). The van der Waals surface area contributed by atoms with Crippen LogP contribution in [0.25, 0.3) is 16.8 Å². The molecule has 0 bridgehead atoms. The highest BCUT2D eigenvalue weighted by atomic mass is 32.2. The van der Waals surface area contributed by atoms with Gasteiger partial charge in [0.1, 0.15) is 5.82 Å². The quantitative estimate of drug-likeness (QED) is 0.527. The summed E-state index contributed by atoms with van der Waals surface area (Å²) in [4.78, 5) is 6.90. The maximum Gasteiger partial charge on any atom is 0.229 e. The maximum atomic E-state index is 11.5. The summed E-state index contributed by atoms with van der Waals surface area (Å²) < 4.78 is 32.7. The fourth-order valence-electron chi connectivity index (χ4n) is 3.54. The second-order valence-corrected chi connectivity index (χ2v) is 9.06. The highest BCUT2D eigenvalue weighted by Gasteiger charge is 2.13. The molecule has 1 saturated heterocycles. The number of aromatic nitrogens is 3. The molecule has 0 aliphatic carbocycles. The van der Waals surface area contributed by atoms with Gasteiger partial charge < -0.3 is 10.1 Å². The van der Waals surface area contributed by atoms with Gasteiger partial charge in [-0.05, 0) is 36.7 Å². The second-order valence-electron chi connectivity index (χ2n) is 7.31. The SMILES string of the molecule is CS(=O)(=O)Nc1cccc(-c2cnn3c(NCCCN4CCOCC4)ccnc23)c1. The van der Waals surface area contributed by atoms with E-state index in [1.54, 1.807) is 35.1 Å². The Labute approximate surface area is 176 Å². The molecule has 1 fully saturated rings. The molecule has 2 N–H and O–H groups in total. The van der Waals surface area contributed by atoms with Crippen LogP contribution in [0, 0.1) is 0 Å². The standard InChI is InChI=1S/C20H26N6O3S/c1-30(27,28)24-17-5-2-4-16(14-17)18-15-23-26-19(6-8-22-20(18)26)21-7-3-9-25-10-12-29-13-11-25/h2,4-6,8,14-15,21,24H,3,7,9-13H2,1H3. The number of morpholine rings is 1. The summed E-state index contributed by atoms with van der Waals surface area (Å²) in [5.74, 6) is 0.874. The normalized spacial score (nSPS) is 15.4. The van der Waals surface area contributed by atoms with E-state index in [9.17, 15) is 8.42 Å². The summed E-state index contributed by atoms with van der Waals surface area (Å²) in [6, 6.07) is 9.11. The molecule has 0 atom stereocenters. The zero-order chi connectivity index (χ0) is 21.0. The van der Waals surface area contributed by atoms with Gasteiger partial charge in [-0.25, -0.2) is 13.4 Å². The minimum absolute atomic E-state index is 0.506. The van der Waals surface area contributed by atoms with Gasteiger partial charge in [0.05, 0.1) is 25.7 Å². The molecule has 0 unspecified atom stereocenters. The van der Waals surface area contributed by atoms with Crippen LogP contribution in [0.2, 0.25) is 0 Å². The smallest absolute Gasteiger partial charge is 0.229 e. The molecule has 3 aromatic rings. The van der Waals surface area contributed by atoms with Crippen molar-refractivity contribution >= 4 is 27.2 Å². The molecule has 0 amide bonds. The molecule has 1 aliphatic heterocycles. The van der Waals surface area contributed by atoms with Crippen molar-refractivity contribution in [2.24, 2.45) is 0 Å². The van der Waals surface area contributed by atoms with E-state index in [4.69, 9.17) is 4.74 Å². The molecular weight excluding hydrogens is 404 g/mol. The summed E-state index contributed by atoms with van der Waals surface area (Å²) in [5, 5.41) is 7.94. The van der Waals surface area contributed by atoms with Gasteiger partial charge in [-0.1, -0.05) is 12.1 Å². The summed E-state index contributed by atoms with van der Waals surface area (Å²) in [7, 11) is -3.34. The van der Waals surface area contributed by atoms with E-state index in [0.29, 0.717) is 11.3 Å². The van der Waals surface area contributed by atoms with Crippen molar-refractivity contribution in [3.8, 4) is 11.1 Å².